The number of rotatable bonds is 5. The number of halogens is 3. The van der Waals surface area contributed by atoms with Crippen molar-refractivity contribution in [1.29, 1.82) is 0 Å². The molecule has 96 valence electrons. The van der Waals surface area contributed by atoms with Gasteiger partial charge in [0.05, 0.1) is 6.61 Å². The van der Waals surface area contributed by atoms with E-state index in [2.05, 4.69) is 15.0 Å². The second-order valence-corrected chi connectivity index (χ2v) is 4.29. The molecule has 1 N–H and O–H groups in total. The Bertz CT molecular complexity index is 193. The average molecular weight is 240 g/mol. The van der Waals surface area contributed by atoms with Crippen molar-refractivity contribution in [2.45, 2.75) is 13.1 Å². The largest absolute Gasteiger partial charge is 0.411 e. The smallest absolute Gasteiger partial charge is 0.372 e. The third-order valence-corrected chi connectivity index (χ3v) is 2.45. The number of nitrogens with zero attached hydrogens (tertiary/aromatic N) is 1. The summed E-state index contributed by atoms with van der Waals surface area (Å²) in [5.74, 6) is 0.139. The summed E-state index contributed by atoms with van der Waals surface area (Å²) in [5.41, 5.74) is 0. The van der Waals surface area contributed by atoms with Gasteiger partial charge >= 0.3 is 6.18 Å². The van der Waals surface area contributed by atoms with Crippen LogP contribution in [0.25, 0.3) is 0 Å². The minimum atomic E-state index is -4.21. The van der Waals surface area contributed by atoms with Crippen LogP contribution in [0.5, 0.6) is 0 Å². The van der Waals surface area contributed by atoms with E-state index < -0.39 is 12.8 Å². The standard InChI is InChI=1S/C10H19F3N2O/c1-9(7-16-8-10(11,12)13)6-15-4-2-14-3-5-15/h9,14H,2-8H2,1H3. The van der Waals surface area contributed by atoms with Crippen molar-refractivity contribution in [2.24, 2.45) is 5.92 Å². The maximum atomic E-state index is 11.8. The highest BCUT2D eigenvalue weighted by Crippen LogP contribution is 2.15. The Kier molecular flexibility index (Phi) is 5.51. The minimum absolute atomic E-state index is 0.139. The fraction of sp³-hybridized carbons (Fsp3) is 1.00. The molecule has 0 aliphatic carbocycles. The summed E-state index contributed by atoms with van der Waals surface area (Å²) in [6.07, 6.45) is -4.21. The summed E-state index contributed by atoms with van der Waals surface area (Å²) in [7, 11) is 0. The Morgan fingerprint density at radius 1 is 1.31 bits per heavy atom. The quantitative estimate of drug-likeness (QED) is 0.779. The topological polar surface area (TPSA) is 24.5 Å². The summed E-state index contributed by atoms with van der Waals surface area (Å²) in [6, 6.07) is 0. The first-order valence-electron chi connectivity index (χ1n) is 5.55. The van der Waals surface area contributed by atoms with Gasteiger partial charge in [0, 0.05) is 32.7 Å². The first-order valence-corrected chi connectivity index (χ1v) is 5.55. The number of ether oxygens (including phenoxy) is 1. The van der Waals surface area contributed by atoms with E-state index in [0.29, 0.717) is 0 Å². The average Bonchev–Trinajstić information content (AvgIpc) is 2.17. The van der Waals surface area contributed by atoms with Gasteiger partial charge in [-0.1, -0.05) is 6.92 Å². The molecule has 0 aromatic rings. The number of piperazine rings is 1. The van der Waals surface area contributed by atoms with Crippen LogP contribution in [0.3, 0.4) is 0 Å². The molecule has 3 nitrogen and oxygen atoms in total. The molecular weight excluding hydrogens is 221 g/mol. The van der Waals surface area contributed by atoms with Crippen molar-refractivity contribution in [3.8, 4) is 0 Å². The molecule has 1 heterocycles. The molecule has 0 aromatic heterocycles. The van der Waals surface area contributed by atoms with E-state index in [1.165, 1.54) is 0 Å². The fourth-order valence-corrected chi connectivity index (χ4v) is 1.76. The van der Waals surface area contributed by atoms with E-state index in [0.717, 1.165) is 32.7 Å². The molecule has 0 aromatic carbocycles. The highest BCUT2D eigenvalue weighted by molar-refractivity contribution is 4.69. The molecule has 1 fully saturated rings. The summed E-state index contributed by atoms with van der Waals surface area (Å²) < 4.78 is 40.1. The Morgan fingerprint density at radius 2 is 1.94 bits per heavy atom. The van der Waals surface area contributed by atoms with E-state index in [1.54, 1.807) is 0 Å². The SMILES string of the molecule is CC(COCC(F)(F)F)CN1CCNCC1. The number of nitrogens with one attached hydrogen (secondary N) is 1. The van der Waals surface area contributed by atoms with Crippen molar-refractivity contribution in [1.82, 2.24) is 10.2 Å². The lowest BCUT2D eigenvalue weighted by Gasteiger charge is -2.29. The number of hydrogen-bond acceptors (Lipinski definition) is 3. The lowest BCUT2D eigenvalue weighted by atomic mass is 10.1. The fourth-order valence-electron chi connectivity index (χ4n) is 1.76. The van der Waals surface area contributed by atoms with Gasteiger partial charge in [-0.25, -0.2) is 0 Å². The number of hydrogen-bond donors (Lipinski definition) is 1. The second-order valence-electron chi connectivity index (χ2n) is 4.29. The van der Waals surface area contributed by atoms with Crippen LogP contribution in [-0.4, -0.2) is 57.0 Å². The van der Waals surface area contributed by atoms with Gasteiger partial charge in [-0.3, -0.25) is 0 Å². The molecule has 0 radical (unpaired) electrons. The van der Waals surface area contributed by atoms with Crippen LogP contribution in [0.1, 0.15) is 6.92 Å². The van der Waals surface area contributed by atoms with Crippen LogP contribution in [0.4, 0.5) is 13.2 Å². The lowest BCUT2D eigenvalue weighted by molar-refractivity contribution is -0.176. The van der Waals surface area contributed by atoms with Crippen LogP contribution in [0, 0.1) is 5.92 Å². The van der Waals surface area contributed by atoms with E-state index in [9.17, 15) is 13.2 Å². The van der Waals surface area contributed by atoms with Gasteiger partial charge in [-0.2, -0.15) is 13.2 Å². The molecule has 0 spiro atoms. The Balaban J connectivity index is 2.08. The van der Waals surface area contributed by atoms with Crippen molar-refractivity contribution in [3.05, 3.63) is 0 Å². The highest BCUT2D eigenvalue weighted by Gasteiger charge is 2.27. The van der Waals surface area contributed by atoms with Crippen LogP contribution >= 0.6 is 0 Å². The van der Waals surface area contributed by atoms with Crippen LogP contribution in [0.15, 0.2) is 0 Å². The van der Waals surface area contributed by atoms with Gasteiger partial charge in [-0.05, 0) is 5.92 Å². The summed E-state index contributed by atoms with van der Waals surface area (Å²) in [5, 5.41) is 3.23. The lowest BCUT2D eigenvalue weighted by Crippen LogP contribution is -2.45. The van der Waals surface area contributed by atoms with Crippen molar-refractivity contribution in [3.63, 3.8) is 0 Å². The second kappa shape index (κ2) is 6.42. The van der Waals surface area contributed by atoms with Gasteiger partial charge in [0.2, 0.25) is 0 Å². The Labute approximate surface area is 93.9 Å². The highest BCUT2D eigenvalue weighted by atomic mass is 19.4. The van der Waals surface area contributed by atoms with Gasteiger partial charge in [0.25, 0.3) is 0 Å². The summed E-state index contributed by atoms with van der Waals surface area (Å²) in [4.78, 5) is 2.25. The Morgan fingerprint density at radius 3 is 2.50 bits per heavy atom. The van der Waals surface area contributed by atoms with E-state index in [-0.39, 0.29) is 12.5 Å². The van der Waals surface area contributed by atoms with Crippen molar-refractivity contribution >= 4 is 0 Å². The van der Waals surface area contributed by atoms with E-state index in [4.69, 9.17) is 0 Å². The Hall–Kier alpha value is -0.330. The van der Waals surface area contributed by atoms with Crippen molar-refractivity contribution in [2.75, 3.05) is 45.9 Å². The van der Waals surface area contributed by atoms with Gasteiger partial charge in [0.15, 0.2) is 0 Å². The number of alkyl halides is 3. The minimum Gasteiger partial charge on any atom is -0.372 e. The molecule has 6 heteroatoms. The van der Waals surface area contributed by atoms with Gasteiger partial charge < -0.3 is 15.0 Å². The monoisotopic (exact) mass is 240 g/mol. The maximum absolute atomic E-state index is 11.8. The van der Waals surface area contributed by atoms with Gasteiger partial charge in [-0.15, -0.1) is 0 Å². The van der Waals surface area contributed by atoms with Gasteiger partial charge in [0.1, 0.15) is 6.61 Å². The molecule has 1 aliphatic heterocycles. The van der Waals surface area contributed by atoms with E-state index in [1.807, 2.05) is 6.92 Å². The predicted molar refractivity (Wildman–Crippen MR) is 55.3 cm³/mol. The molecule has 1 atom stereocenters. The zero-order valence-corrected chi connectivity index (χ0v) is 9.52. The third kappa shape index (κ3) is 6.30. The third-order valence-electron chi connectivity index (χ3n) is 2.45. The zero-order chi connectivity index (χ0) is 12.0. The van der Waals surface area contributed by atoms with E-state index >= 15 is 0 Å². The normalized spacial score (nSPS) is 21.0. The molecular formula is C10H19F3N2O. The molecule has 1 unspecified atom stereocenters. The molecule has 0 bridgehead atoms. The maximum Gasteiger partial charge on any atom is 0.411 e. The van der Waals surface area contributed by atoms with Crippen LogP contribution in [-0.2, 0) is 4.74 Å². The first kappa shape index (κ1) is 13.7. The molecule has 1 rings (SSSR count). The van der Waals surface area contributed by atoms with Crippen LogP contribution < -0.4 is 5.32 Å². The summed E-state index contributed by atoms with van der Waals surface area (Å²) in [6.45, 7) is 5.58. The predicted octanol–water partition coefficient (Wildman–Crippen LogP) is 1.11. The molecule has 0 amide bonds. The van der Waals surface area contributed by atoms with Crippen LogP contribution in [0.2, 0.25) is 0 Å². The molecule has 16 heavy (non-hydrogen) atoms. The first-order chi connectivity index (χ1) is 7.47. The summed E-state index contributed by atoms with van der Waals surface area (Å²) >= 11 is 0. The van der Waals surface area contributed by atoms with Crippen molar-refractivity contribution < 1.29 is 17.9 Å². The molecule has 0 saturated carbocycles. The molecule has 1 saturated heterocycles. The molecule has 1 aliphatic rings. The zero-order valence-electron chi connectivity index (χ0n) is 9.52.